The highest BCUT2D eigenvalue weighted by Gasteiger charge is 2.12. The number of thiophene rings is 1. The van der Waals surface area contributed by atoms with E-state index in [9.17, 15) is 0 Å². The minimum absolute atomic E-state index is 0.321. The van der Waals surface area contributed by atoms with Crippen molar-refractivity contribution in [3.8, 4) is 0 Å². The molecule has 13 heavy (non-hydrogen) atoms. The molecule has 3 heteroatoms. The summed E-state index contributed by atoms with van der Waals surface area (Å²) in [6.07, 6.45) is 2.33. The summed E-state index contributed by atoms with van der Waals surface area (Å²) in [5.41, 5.74) is 4.19. The zero-order valence-corrected chi connectivity index (χ0v) is 9.10. The van der Waals surface area contributed by atoms with Crippen molar-refractivity contribution in [3.05, 3.63) is 22.4 Å². The highest BCUT2D eigenvalue weighted by atomic mass is 32.1. The summed E-state index contributed by atoms with van der Waals surface area (Å²) in [5, 5.41) is 4.25. The molecule has 0 fully saturated rings. The Kier molecular flexibility index (Phi) is 4.42. The zero-order chi connectivity index (χ0) is 9.68. The molecule has 0 aromatic carbocycles. The summed E-state index contributed by atoms with van der Waals surface area (Å²) in [6, 6.07) is 2.46. The Hall–Kier alpha value is -0.380. The first-order chi connectivity index (χ1) is 6.27. The highest BCUT2D eigenvalue weighted by Crippen LogP contribution is 2.23. The average molecular weight is 198 g/mol. The monoisotopic (exact) mass is 198 g/mol. The quantitative estimate of drug-likeness (QED) is 0.564. The van der Waals surface area contributed by atoms with E-state index in [-0.39, 0.29) is 0 Å². The molecule has 2 atom stereocenters. The third-order valence-corrected chi connectivity index (χ3v) is 3.18. The van der Waals surface area contributed by atoms with Gasteiger partial charge in [0.1, 0.15) is 0 Å². The van der Waals surface area contributed by atoms with Crippen LogP contribution < -0.4 is 11.3 Å². The van der Waals surface area contributed by atoms with Crippen LogP contribution in [0.15, 0.2) is 16.8 Å². The van der Waals surface area contributed by atoms with Crippen LogP contribution in [0.4, 0.5) is 0 Å². The van der Waals surface area contributed by atoms with Gasteiger partial charge in [0.05, 0.1) is 0 Å². The van der Waals surface area contributed by atoms with E-state index < -0.39 is 0 Å². The van der Waals surface area contributed by atoms with Crippen molar-refractivity contribution < 1.29 is 0 Å². The van der Waals surface area contributed by atoms with E-state index in [0.717, 1.165) is 12.3 Å². The smallest absolute Gasteiger partial charge is 0.0470 e. The van der Waals surface area contributed by atoms with E-state index >= 15 is 0 Å². The van der Waals surface area contributed by atoms with Gasteiger partial charge in [0.25, 0.3) is 0 Å². The molecule has 1 aromatic rings. The van der Waals surface area contributed by atoms with Gasteiger partial charge in [-0.15, -0.1) is 0 Å². The highest BCUT2D eigenvalue weighted by molar-refractivity contribution is 7.07. The second kappa shape index (κ2) is 5.37. The minimum atomic E-state index is 0.321. The first-order valence-electron chi connectivity index (χ1n) is 4.76. The molecule has 0 bridgehead atoms. The maximum Gasteiger partial charge on any atom is 0.0470 e. The van der Waals surface area contributed by atoms with Crippen LogP contribution in [0.25, 0.3) is 0 Å². The molecular weight excluding hydrogens is 180 g/mol. The Morgan fingerprint density at radius 3 is 2.85 bits per heavy atom. The van der Waals surface area contributed by atoms with E-state index in [0.29, 0.717) is 6.04 Å². The lowest BCUT2D eigenvalue weighted by atomic mass is 9.96. The lowest BCUT2D eigenvalue weighted by Crippen LogP contribution is -2.28. The molecular formula is C10H18N2S. The molecule has 1 aromatic heterocycles. The van der Waals surface area contributed by atoms with E-state index in [4.69, 9.17) is 5.84 Å². The van der Waals surface area contributed by atoms with Gasteiger partial charge in [-0.3, -0.25) is 11.3 Å². The van der Waals surface area contributed by atoms with Crippen LogP contribution in [0.2, 0.25) is 0 Å². The molecule has 1 rings (SSSR count). The Bertz CT molecular complexity index is 221. The molecule has 0 aliphatic heterocycles. The third kappa shape index (κ3) is 3.10. The number of hydrazine groups is 1. The maximum atomic E-state index is 5.52. The first-order valence-corrected chi connectivity index (χ1v) is 5.70. The Morgan fingerprint density at radius 2 is 2.38 bits per heavy atom. The van der Waals surface area contributed by atoms with Gasteiger partial charge in [-0.05, 0) is 34.7 Å². The lowest BCUT2D eigenvalue weighted by molar-refractivity contribution is 0.408. The van der Waals surface area contributed by atoms with Crippen LogP contribution in [-0.4, -0.2) is 0 Å². The van der Waals surface area contributed by atoms with Crippen molar-refractivity contribution in [2.45, 2.75) is 32.7 Å². The minimum Gasteiger partial charge on any atom is -0.271 e. The molecule has 2 nitrogen and oxygen atoms in total. The van der Waals surface area contributed by atoms with Gasteiger partial charge in [0.15, 0.2) is 0 Å². The van der Waals surface area contributed by atoms with Crippen molar-refractivity contribution in [1.82, 2.24) is 5.43 Å². The predicted octanol–water partition coefficient (Wildman–Crippen LogP) is 2.69. The van der Waals surface area contributed by atoms with E-state index in [1.165, 1.54) is 12.0 Å². The van der Waals surface area contributed by atoms with Crippen LogP contribution in [0.3, 0.4) is 0 Å². The fourth-order valence-corrected chi connectivity index (χ4v) is 2.06. The van der Waals surface area contributed by atoms with Gasteiger partial charge < -0.3 is 0 Å². The second-order valence-corrected chi connectivity index (χ2v) is 4.31. The number of nitrogens with one attached hydrogen (secondary N) is 1. The van der Waals surface area contributed by atoms with Crippen molar-refractivity contribution >= 4 is 11.3 Å². The van der Waals surface area contributed by atoms with Crippen LogP contribution in [0, 0.1) is 5.92 Å². The molecule has 0 amide bonds. The Morgan fingerprint density at radius 1 is 1.62 bits per heavy atom. The summed E-state index contributed by atoms with van der Waals surface area (Å²) < 4.78 is 0. The standard InChI is InChI=1S/C10H18N2S/c1-3-8(2)6-10(12-11)9-4-5-13-7-9/h4-5,7-8,10,12H,3,6,11H2,1-2H3. The number of hydrogen-bond acceptors (Lipinski definition) is 3. The zero-order valence-electron chi connectivity index (χ0n) is 8.29. The molecule has 0 spiro atoms. The number of rotatable bonds is 5. The van der Waals surface area contributed by atoms with Gasteiger partial charge >= 0.3 is 0 Å². The fraction of sp³-hybridized carbons (Fsp3) is 0.600. The molecule has 0 radical (unpaired) electrons. The summed E-state index contributed by atoms with van der Waals surface area (Å²) in [4.78, 5) is 0. The molecule has 2 unspecified atom stereocenters. The normalized spacial score (nSPS) is 15.6. The molecule has 74 valence electrons. The summed E-state index contributed by atoms with van der Waals surface area (Å²) >= 11 is 1.72. The van der Waals surface area contributed by atoms with Crippen molar-refractivity contribution in [1.29, 1.82) is 0 Å². The lowest BCUT2D eigenvalue weighted by Gasteiger charge is -2.18. The van der Waals surface area contributed by atoms with E-state index in [1.54, 1.807) is 11.3 Å². The average Bonchev–Trinajstić information content (AvgIpc) is 2.66. The van der Waals surface area contributed by atoms with Crippen LogP contribution in [0.5, 0.6) is 0 Å². The maximum absolute atomic E-state index is 5.52. The fourth-order valence-electron chi connectivity index (χ4n) is 1.34. The summed E-state index contributed by atoms with van der Waals surface area (Å²) in [7, 11) is 0. The van der Waals surface area contributed by atoms with Gasteiger partial charge in [0, 0.05) is 6.04 Å². The molecule has 3 N–H and O–H groups in total. The van der Waals surface area contributed by atoms with E-state index in [2.05, 4.69) is 36.1 Å². The molecule has 1 heterocycles. The molecule has 0 saturated heterocycles. The molecule has 0 saturated carbocycles. The second-order valence-electron chi connectivity index (χ2n) is 3.53. The molecule has 0 aliphatic carbocycles. The van der Waals surface area contributed by atoms with Crippen molar-refractivity contribution in [2.75, 3.05) is 0 Å². The summed E-state index contributed by atoms with van der Waals surface area (Å²) in [6.45, 7) is 4.47. The SMILES string of the molecule is CCC(C)CC(NN)c1ccsc1. The van der Waals surface area contributed by atoms with Crippen LogP contribution >= 0.6 is 11.3 Å². The van der Waals surface area contributed by atoms with Gasteiger partial charge in [0.2, 0.25) is 0 Å². The van der Waals surface area contributed by atoms with Gasteiger partial charge in [-0.25, -0.2) is 0 Å². The van der Waals surface area contributed by atoms with E-state index in [1.807, 2.05) is 0 Å². The summed E-state index contributed by atoms with van der Waals surface area (Å²) in [5.74, 6) is 6.24. The number of hydrogen-bond donors (Lipinski definition) is 2. The Balaban J connectivity index is 2.53. The topological polar surface area (TPSA) is 38.0 Å². The third-order valence-electron chi connectivity index (χ3n) is 2.48. The van der Waals surface area contributed by atoms with Gasteiger partial charge in [-0.2, -0.15) is 11.3 Å². The van der Waals surface area contributed by atoms with Gasteiger partial charge in [-0.1, -0.05) is 20.3 Å². The number of nitrogens with two attached hydrogens (primary N) is 1. The largest absolute Gasteiger partial charge is 0.271 e. The Labute approximate surface area is 84.1 Å². The molecule has 0 aliphatic rings. The van der Waals surface area contributed by atoms with Crippen LogP contribution in [0.1, 0.15) is 38.3 Å². The first kappa shape index (κ1) is 10.7. The van der Waals surface area contributed by atoms with Crippen LogP contribution in [-0.2, 0) is 0 Å². The predicted molar refractivity (Wildman–Crippen MR) is 58.5 cm³/mol. The van der Waals surface area contributed by atoms with Crippen molar-refractivity contribution in [2.24, 2.45) is 11.8 Å². The van der Waals surface area contributed by atoms with Crippen molar-refractivity contribution in [3.63, 3.8) is 0 Å².